The fourth-order valence-corrected chi connectivity index (χ4v) is 3.88. The Morgan fingerprint density at radius 2 is 1.87 bits per heavy atom. The smallest absolute Gasteiger partial charge is 0.0397 e. The first-order chi connectivity index (χ1) is 14.9. The third-order valence-electron chi connectivity index (χ3n) is 5.69. The molecule has 0 unspecified atom stereocenters. The number of hydrogen-bond acceptors (Lipinski definition) is 2. The predicted octanol–water partition coefficient (Wildman–Crippen LogP) is 7.46. The van der Waals surface area contributed by atoms with E-state index in [1.807, 2.05) is 0 Å². The van der Waals surface area contributed by atoms with Gasteiger partial charge in [-0.25, -0.2) is 0 Å². The minimum absolute atomic E-state index is 0.654. The Bertz CT molecular complexity index is 684. The molecule has 0 radical (unpaired) electrons. The minimum Gasteiger partial charge on any atom is -0.385 e. The standard InChI is InChI=1S/C29H48N2/c1-8-19-31(10-3)23-25(6)20-29-18-17-27(21-28(29)9-2)22-30-26(7)16-14-12-11-13-15-24(4)5/h13,15,17-18,21,24,30H,6-12,14,16,19-20,22-23H2,1-5H3/b15-13+. The maximum absolute atomic E-state index is 4.36. The zero-order chi connectivity index (χ0) is 23.1. The second-order valence-electron chi connectivity index (χ2n) is 9.13. The van der Waals surface area contributed by atoms with Crippen LogP contribution in [0.5, 0.6) is 0 Å². The molecule has 174 valence electrons. The second kappa shape index (κ2) is 15.9. The molecule has 0 aliphatic heterocycles. The third kappa shape index (κ3) is 12.0. The zero-order valence-corrected chi connectivity index (χ0v) is 21.1. The maximum atomic E-state index is 4.36. The summed E-state index contributed by atoms with van der Waals surface area (Å²) < 4.78 is 0. The molecule has 1 rings (SSSR count). The topological polar surface area (TPSA) is 15.3 Å². The Balaban J connectivity index is 2.48. The molecule has 0 saturated heterocycles. The van der Waals surface area contributed by atoms with Crippen molar-refractivity contribution in [1.82, 2.24) is 10.2 Å². The second-order valence-corrected chi connectivity index (χ2v) is 9.13. The van der Waals surface area contributed by atoms with Gasteiger partial charge in [-0.1, -0.05) is 83.7 Å². The van der Waals surface area contributed by atoms with E-state index in [2.05, 4.69) is 88.3 Å². The van der Waals surface area contributed by atoms with Crippen molar-refractivity contribution in [2.24, 2.45) is 5.92 Å². The van der Waals surface area contributed by atoms with Crippen LogP contribution in [0.15, 0.2) is 54.8 Å². The van der Waals surface area contributed by atoms with Crippen molar-refractivity contribution in [3.8, 4) is 0 Å². The summed E-state index contributed by atoms with van der Waals surface area (Å²) in [5, 5.41) is 3.53. The summed E-state index contributed by atoms with van der Waals surface area (Å²) in [5.41, 5.74) is 6.68. The first-order valence-corrected chi connectivity index (χ1v) is 12.5. The molecule has 0 fully saturated rings. The molecule has 0 heterocycles. The van der Waals surface area contributed by atoms with Gasteiger partial charge in [0.15, 0.2) is 0 Å². The van der Waals surface area contributed by atoms with E-state index in [1.165, 1.54) is 47.9 Å². The van der Waals surface area contributed by atoms with E-state index < -0.39 is 0 Å². The Kier molecular flexibility index (Phi) is 14.0. The molecule has 0 bridgehead atoms. The van der Waals surface area contributed by atoms with Crippen LogP contribution in [0.4, 0.5) is 0 Å². The van der Waals surface area contributed by atoms with E-state index in [0.717, 1.165) is 51.1 Å². The molecule has 1 N–H and O–H groups in total. The summed E-state index contributed by atoms with van der Waals surface area (Å²) in [6, 6.07) is 6.94. The van der Waals surface area contributed by atoms with Crippen molar-refractivity contribution in [1.29, 1.82) is 0 Å². The molecule has 1 aromatic rings. The number of benzene rings is 1. The van der Waals surface area contributed by atoms with Crippen LogP contribution in [0.25, 0.3) is 0 Å². The average molecular weight is 425 g/mol. The van der Waals surface area contributed by atoms with Gasteiger partial charge in [0.05, 0.1) is 0 Å². The van der Waals surface area contributed by atoms with Crippen LogP contribution in [-0.2, 0) is 19.4 Å². The maximum Gasteiger partial charge on any atom is 0.0397 e. The molecular formula is C29H48N2. The van der Waals surface area contributed by atoms with E-state index in [-0.39, 0.29) is 0 Å². The molecule has 2 heteroatoms. The van der Waals surface area contributed by atoms with Gasteiger partial charge in [-0.05, 0) is 80.6 Å². The summed E-state index contributed by atoms with van der Waals surface area (Å²) >= 11 is 0. The molecule has 2 nitrogen and oxygen atoms in total. The van der Waals surface area contributed by atoms with Crippen molar-refractivity contribution < 1.29 is 0 Å². The van der Waals surface area contributed by atoms with Crippen molar-refractivity contribution >= 4 is 0 Å². The fraction of sp³-hybridized carbons (Fsp3) is 0.586. The van der Waals surface area contributed by atoms with Gasteiger partial charge in [-0.3, -0.25) is 4.90 Å². The molecule has 0 aromatic heterocycles. The molecule has 0 aliphatic rings. The quantitative estimate of drug-likeness (QED) is 0.206. The summed E-state index contributed by atoms with van der Waals surface area (Å²) in [7, 11) is 0. The first kappa shape index (κ1) is 27.2. The molecule has 0 aliphatic carbocycles. The van der Waals surface area contributed by atoms with Gasteiger partial charge in [-0.2, -0.15) is 0 Å². The number of nitrogens with one attached hydrogen (secondary N) is 1. The van der Waals surface area contributed by atoms with Crippen molar-refractivity contribution in [2.45, 2.75) is 86.1 Å². The van der Waals surface area contributed by atoms with Crippen LogP contribution in [0.2, 0.25) is 0 Å². The highest BCUT2D eigenvalue weighted by atomic mass is 15.1. The molecule has 0 spiro atoms. The van der Waals surface area contributed by atoms with Crippen LogP contribution < -0.4 is 5.32 Å². The molecular weight excluding hydrogens is 376 g/mol. The predicted molar refractivity (Wildman–Crippen MR) is 139 cm³/mol. The van der Waals surface area contributed by atoms with Gasteiger partial charge < -0.3 is 5.32 Å². The van der Waals surface area contributed by atoms with Crippen LogP contribution >= 0.6 is 0 Å². The Hall–Kier alpha value is -1.80. The number of allylic oxidation sites excluding steroid dienone is 3. The highest BCUT2D eigenvalue weighted by Gasteiger charge is 2.08. The SMILES string of the molecule is C=C(Cc1ccc(CNC(=C)CCCC/C=C/C(C)C)cc1CC)CN(CC)CCC. The lowest BCUT2D eigenvalue weighted by atomic mass is 9.96. The molecule has 1 aromatic carbocycles. The van der Waals surface area contributed by atoms with Crippen LogP contribution in [0.3, 0.4) is 0 Å². The number of likely N-dealkylation sites (N-methyl/N-ethyl adjacent to an activating group) is 1. The van der Waals surface area contributed by atoms with Crippen molar-refractivity contribution in [3.63, 3.8) is 0 Å². The molecule has 0 saturated carbocycles. The monoisotopic (exact) mass is 424 g/mol. The van der Waals surface area contributed by atoms with Gasteiger partial charge in [0.25, 0.3) is 0 Å². The fourth-order valence-electron chi connectivity index (χ4n) is 3.88. The van der Waals surface area contributed by atoms with Crippen molar-refractivity contribution in [2.75, 3.05) is 19.6 Å². The van der Waals surface area contributed by atoms with Crippen LogP contribution in [0.1, 0.15) is 83.4 Å². The van der Waals surface area contributed by atoms with Crippen LogP contribution in [-0.4, -0.2) is 24.5 Å². The van der Waals surface area contributed by atoms with E-state index >= 15 is 0 Å². The minimum atomic E-state index is 0.654. The average Bonchev–Trinajstić information content (AvgIpc) is 2.74. The Morgan fingerprint density at radius 1 is 1.10 bits per heavy atom. The Morgan fingerprint density at radius 3 is 2.52 bits per heavy atom. The molecule has 0 atom stereocenters. The summed E-state index contributed by atoms with van der Waals surface area (Å²) in [5.74, 6) is 0.654. The highest BCUT2D eigenvalue weighted by molar-refractivity contribution is 5.35. The first-order valence-electron chi connectivity index (χ1n) is 12.5. The van der Waals surface area contributed by atoms with E-state index in [4.69, 9.17) is 0 Å². The molecule has 0 amide bonds. The van der Waals surface area contributed by atoms with E-state index in [0.29, 0.717) is 5.92 Å². The lowest BCUT2D eigenvalue weighted by Crippen LogP contribution is -2.26. The number of unbranched alkanes of at least 4 members (excludes halogenated alkanes) is 2. The zero-order valence-electron chi connectivity index (χ0n) is 21.1. The van der Waals surface area contributed by atoms with Gasteiger partial charge >= 0.3 is 0 Å². The summed E-state index contributed by atoms with van der Waals surface area (Å²) in [4.78, 5) is 2.48. The van der Waals surface area contributed by atoms with Crippen LogP contribution in [0, 0.1) is 5.92 Å². The lowest BCUT2D eigenvalue weighted by molar-refractivity contribution is 0.311. The number of hydrogen-bond donors (Lipinski definition) is 1. The number of aryl methyl sites for hydroxylation is 1. The van der Waals surface area contributed by atoms with E-state index in [9.17, 15) is 0 Å². The highest BCUT2D eigenvalue weighted by Crippen LogP contribution is 2.18. The van der Waals surface area contributed by atoms with Gasteiger partial charge in [0.2, 0.25) is 0 Å². The Labute approximate surface area is 193 Å². The number of nitrogens with zero attached hydrogens (tertiary/aromatic N) is 1. The van der Waals surface area contributed by atoms with Gasteiger partial charge in [0.1, 0.15) is 0 Å². The van der Waals surface area contributed by atoms with Gasteiger partial charge in [0, 0.05) is 18.8 Å². The van der Waals surface area contributed by atoms with Gasteiger partial charge in [-0.15, -0.1) is 0 Å². The van der Waals surface area contributed by atoms with E-state index in [1.54, 1.807) is 0 Å². The normalized spacial score (nSPS) is 11.6. The van der Waals surface area contributed by atoms with Crippen molar-refractivity contribution in [3.05, 3.63) is 71.5 Å². The number of rotatable bonds is 17. The molecule has 31 heavy (non-hydrogen) atoms. The third-order valence-corrected chi connectivity index (χ3v) is 5.69. The summed E-state index contributed by atoms with van der Waals surface area (Å²) in [6.07, 6.45) is 12.5. The lowest BCUT2D eigenvalue weighted by Gasteiger charge is -2.21. The largest absolute Gasteiger partial charge is 0.385 e. The summed E-state index contributed by atoms with van der Waals surface area (Å²) in [6.45, 7) is 23.9.